The second-order valence-corrected chi connectivity index (χ2v) is 6.12. The number of carbonyl (C=O) groups excluding carboxylic acids is 1. The molecule has 0 saturated heterocycles. The molecule has 0 spiro atoms. The number of benzene rings is 2. The maximum Gasteiger partial charge on any atom is 0.407 e. The Morgan fingerprint density at radius 1 is 0.964 bits per heavy atom. The number of nitrogens with one attached hydrogen (secondary N) is 2. The van der Waals surface area contributed by atoms with Crippen LogP contribution in [-0.2, 0) is 22.6 Å². The second kappa shape index (κ2) is 12.3. The highest BCUT2D eigenvalue weighted by Gasteiger charge is 2.05. The van der Waals surface area contributed by atoms with Gasteiger partial charge in [-0.05, 0) is 30.0 Å². The van der Waals surface area contributed by atoms with Crippen LogP contribution in [0.1, 0.15) is 17.5 Å². The third-order valence-corrected chi connectivity index (χ3v) is 3.89. The number of hydrogen-bond acceptors (Lipinski definition) is 5. The maximum absolute atomic E-state index is 11.7. The first-order valence-electron chi connectivity index (χ1n) is 9.23. The number of amides is 1. The van der Waals surface area contributed by atoms with E-state index in [4.69, 9.17) is 14.6 Å². The van der Waals surface area contributed by atoms with Gasteiger partial charge in [-0.3, -0.25) is 4.79 Å². The molecule has 0 heterocycles. The van der Waals surface area contributed by atoms with E-state index in [1.54, 1.807) is 0 Å². The van der Waals surface area contributed by atoms with Gasteiger partial charge in [0.05, 0.1) is 6.54 Å². The summed E-state index contributed by atoms with van der Waals surface area (Å²) in [5.41, 5.74) is 1.99. The number of carboxylic acid groups (broad SMARTS) is 1. The van der Waals surface area contributed by atoms with E-state index in [2.05, 4.69) is 10.6 Å². The molecular formula is C21H26N2O5. The average molecular weight is 386 g/mol. The van der Waals surface area contributed by atoms with E-state index in [1.807, 2.05) is 54.6 Å². The fraction of sp³-hybridized carbons (Fsp3) is 0.333. The molecule has 1 amide bonds. The molecular weight excluding hydrogens is 360 g/mol. The van der Waals surface area contributed by atoms with Crippen LogP contribution in [0.5, 0.6) is 5.75 Å². The monoisotopic (exact) mass is 386 g/mol. The van der Waals surface area contributed by atoms with Crippen LogP contribution in [0.25, 0.3) is 0 Å². The second-order valence-electron chi connectivity index (χ2n) is 6.12. The Kier molecular flexibility index (Phi) is 9.37. The molecule has 0 aliphatic heterocycles. The average Bonchev–Trinajstić information content (AvgIpc) is 2.71. The van der Waals surface area contributed by atoms with E-state index in [1.165, 1.54) is 0 Å². The molecule has 2 aromatic rings. The molecule has 0 radical (unpaired) electrons. The largest absolute Gasteiger partial charge is 0.492 e. The Bertz CT molecular complexity index is 737. The summed E-state index contributed by atoms with van der Waals surface area (Å²) in [4.78, 5) is 22.2. The van der Waals surface area contributed by atoms with Gasteiger partial charge in [0.15, 0.2) is 0 Å². The zero-order valence-electron chi connectivity index (χ0n) is 15.7. The number of para-hydroxylation sites is 1. The van der Waals surface area contributed by atoms with Crippen LogP contribution in [-0.4, -0.2) is 43.4 Å². The quantitative estimate of drug-likeness (QED) is 0.485. The lowest BCUT2D eigenvalue weighted by atomic mass is 10.1. The molecule has 150 valence electrons. The van der Waals surface area contributed by atoms with Gasteiger partial charge in [0, 0.05) is 13.1 Å². The van der Waals surface area contributed by atoms with Gasteiger partial charge in [-0.25, -0.2) is 4.79 Å². The van der Waals surface area contributed by atoms with Crippen molar-refractivity contribution in [2.45, 2.75) is 19.4 Å². The van der Waals surface area contributed by atoms with Gasteiger partial charge in [-0.15, -0.1) is 0 Å². The summed E-state index contributed by atoms with van der Waals surface area (Å²) in [6.45, 7) is 1.50. The summed E-state index contributed by atoms with van der Waals surface area (Å²) in [7, 11) is 0. The van der Waals surface area contributed by atoms with Crippen LogP contribution in [0.15, 0.2) is 54.6 Å². The summed E-state index contributed by atoms with van der Waals surface area (Å²) >= 11 is 0. The normalized spacial score (nSPS) is 10.3. The molecule has 0 fully saturated rings. The van der Waals surface area contributed by atoms with Crippen molar-refractivity contribution in [1.29, 1.82) is 0 Å². The minimum absolute atomic E-state index is 0.0863. The summed E-state index contributed by atoms with van der Waals surface area (Å²) in [6.07, 6.45) is 1.06. The van der Waals surface area contributed by atoms with Crippen molar-refractivity contribution in [3.05, 3.63) is 65.7 Å². The minimum atomic E-state index is -0.893. The molecule has 0 aliphatic rings. The summed E-state index contributed by atoms with van der Waals surface area (Å²) in [5.74, 6) is -0.124. The first-order chi connectivity index (χ1) is 13.6. The number of alkyl carbamates (subject to hydrolysis) is 1. The molecule has 0 atom stereocenters. The third-order valence-electron chi connectivity index (χ3n) is 3.89. The summed E-state index contributed by atoms with van der Waals surface area (Å²) in [6, 6.07) is 17.2. The number of aliphatic carboxylic acids is 1. The van der Waals surface area contributed by atoms with Crippen LogP contribution in [0.4, 0.5) is 4.79 Å². The number of aryl methyl sites for hydroxylation is 1. The fourth-order valence-corrected chi connectivity index (χ4v) is 2.52. The van der Waals surface area contributed by atoms with Crippen LogP contribution < -0.4 is 15.4 Å². The standard InChI is InChI=1S/C21H26N2O5/c24-20(25)15-22-13-14-27-19-11-5-4-9-18(19)10-6-12-23-21(26)28-16-17-7-2-1-3-8-17/h1-5,7-9,11,22H,6,10,12-16H2,(H,23,26)(H,24,25). The van der Waals surface area contributed by atoms with Crippen molar-refractivity contribution in [3.8, 4) is 5.75 Å². The Hall–Kier alpha value is -3.06. The van der Waals surface area contributed by atoms with E-state index >= 15 is 0 Å². The highest BCUT2D eigenvalue weighted by molar-refractivity contribution is 5.69. The molecule has 28 heavy (non-hydrogen) atoms. The van der Waals surface area contributed by atoms with Crippen molar-refractivity contribution < 1.29 is 24.2 Å². The maximum atomic E-state index is 11.7. The highest BCUT2D eigenvalue weighted by Crippen LogP contribution is 2.19. The van der Waals surface area contributed by atoms with Crippen molar-refractivity contribution in [1.82, 2.24) is 10.6 Å². The molecule has 2 aromatic carbocycles. The number of ether oxygens (including phenoxy) is 2. The fourth-order valence-electron chi connectivity index (χ4n) is 2.52. The zero-order chi connectivity index (χ0) is 20.0. The Morgan fingerprint density at radius 2 is 1.71 bits per heavy atom. The Balaban J connectivity index is 1.64. The smallest absolute Gasteiger partial charge is 0.407 e. The highest BCUT2D eigenvalue weighted by atomic mass is 16.5. The lowest BCUT2D eigenvalue weighted by Crippen LogP contribution is -2.27. The van der Waals surface area contributed by atoms with E-state index in [-0.39, 0.29) is 13.2 Å². The van der Waals surface area contributed by atoms with Crippen molar-refractivity contribution >= 4 is 12.1 Å². The zero-order valence-corrected chi connectivity index (χ0v) is 15.7. The van der Waals surface area contributed by atoms with Gasteiger partial charge < -0.3 is 25.2 Å². The van der Waals surface area contributed by atoms with Crippen LogP contribution in [0.2, 0.25) is 0 Å². The molecule has 0 unspecified atom stereocenters. The van der Waals surface area contributed by atoms with Gasteiger partial charge in [0.1, 0.15) is 19.0 Å². The SMILES string of the molecule is O=C(O)CNCCOc1ccccc1CCCNC(=O)OCc1ccccc1. The number of rotatable bonds is 12. The first kappa shape index (κ1) is 21.2. The molecule has 0 aliphatic carbocycles. The molecule has 0 bridgehead atoms. The van der Waals surface area contributed by atoms with Crippen LogP contribution >= 0.6 is 0 Å². The third kappa shape index (κ3) is 8.55. The predicted molar refractivity (Wildman–Crippen MR) is 105 cm³/mol. The van der Waals surface area contributed by atoms with E-state index < -0.39 is 12.1 Å². The molecule has 0 aromatic heterocycles. The molecule has 7 heteroatoms. The van der Waals surface area contributed by atoms with Gasteiger partial charge in [-0.1, -0.05) is 48.5 Å². The van der Waals surface area contributed by atoms with Gasteiger partial charge in [0.25, 0.3) is 0 Å². The molecule has 3 N–H and O–H groups in total. The van der Waals surface area contributed by atoms with Crippen molar-refractivity contribution in [3.63, 3.8) is 0 Å². The topological polar surface area (TPSA) is 96.9 Å². The van der Waals surface area contributed by atoms with Crippen molar-refractivity contribution in [2.75, 3.05) is 26.2 Å². The van der Waals surface area contributed by atoms with E-state index in [0.29, 0.717) is 19.7 Å². The minimum Gasteiger partial charge on any atom is -0.492 e. The number of carbonyl (C=O) groups is 2. The lowest BCUT2D eigenvalue weighted by Gasteiger charge is -2.12. The van der Waals surface area contributed by atoms with Crippen molar-refractivity contribution in [2.24, 2.45) is 0 Å². The molecule has 2 rings (SSSR count). The summed E-state index contributed by atoms with van der Waals surface area (Å²) in [5, 5.41) is 14.1. The predicted octanol–water partition coefficient (Wildman–Crippen LogP) is 2.60. The van der Waals surface area contributed by atoms with Crippen LogP contribution in [0.3, 0.4) is 0 Å². The van der Waals surface area contributed by atoms with Gasteiger partial charge in [0.2, 0.25) is 0 Å². The molecule has 0 saturated carbocycles. The summed E-state index contributed by atoms with van der Waals surface area (Å²) < 4.78 is 10.9. The van der Waals surface area contributed by atoms with E-state index in [9.17, 15) is 9.59 Å². The Morgan fingerprint density at radius 3 is 2.50 bits per heavy atom. The Labute approximate surface area is 164 Å². The first-order valence-corrected chi connectivity index (χ1v) is 9.23. The molecule has 7 nitrogen and oxygen atoms in total. The van der Waals surface area contributed by atoms with E-state index in [0.717, 1.165) is 29.7 Å². The van der Waals surface area contributed by atoms with Gasteiger partial charge >= 0.3 is 12.1 Å². The van der Waals surface area contributed by atoms with Crippen LogP contribution in [0, 0.1) is 0 Å². The van der Waals surface area contributed by atoms with Gasteiger partial charge in [-0.2, -0.15) is 0 Å². The number of hydrogen-bond donors (Lipinski definition) is 3. The number of carboxylic acids is 1. The lowest BCUT2D eigenvalue weighted by molar-refractivity contribution is -0.135.